The summed E-state index contributed by atoms with van der Waals surface area (Å²) in [5.41, 5.74) is 5.03. The predicted octanol–water partition coefficient (Wildman–Crippen LogP) is -0.742. The lowest BCUT2D eigenvalue weighted by molar-refractivity contribution is -0.139. The van der Waals surface area contributed by atoms with E-state index < -0.39 is 36.0 Å². The highest BCUT2D eigenvalue weighted by Crippen LogP contribution is 1.99. The molecule has 0 saturated heterocycles. The average molecular weight is 289 g/mol. The van der Waals surface area contributed by atoms with Gasteiger partial charge in [-0.15, -0.1) is 0 Å². The number of amides is 3. The van der Waals surface area contributed by atoms with Gasteiger partial charge in [0.2, 0.25) is 5.91 Å². The highest BCUT2D eigenvalue weighted by Gasteiger charge is 2.23. The second-order valence-corrected chi connectivity index (χ2v) is 4.18. The van der Waals surface area contributed by atoms with Gasteiger partial charge in [-0.05, 0) is 12.8 Å². The average Bonchev–Trinajstić information content (AvgIpc) is 2.33. The Kier molecular flexibility index (Phi) is 7.71. The van der Waals surface area contributed by atoms with Crippen LogP contribution in [0, 0.1) is 0 Å². The minimum absolute atomic E-state index is 0.163. The quantitative estimate of drug-likeness (QED) is 0.376. The molecule has 0 aliphatic carbocycles. The molecule has 114 valence electrons. The third-order valence-electron chi connectivity index (χ3n) is 2.48. The van der Waals surface area contributed by atoms with Crippen LogP contribution in [0.4, 0.5) is 4.79 Å². The number of urea groups is 1. The SMILES string of the molecule is CCCC(NC(=O)NC(CCC(=O)O)C(N)=O)C(=O)O. The highest BCUT2D eigenvalue weighted by atomic mass is 16.4. The largest absolute Gasteiger partial charge is 0.481 e. The molecule has 0 aliphatic rings. The molecule has 0 saturated carbocycles. The summed E-state index contributed by atoms with van der Waals surface area (Å²) >= 11 is 0. The molecule has 0 heterocycles. The third-order valence-corrected chi connectivity index (χ3v) is 2.48. The molecule has 2 atom stereocenters. The number of rotatable bonds is 9. The molecule has 0 rings (SSSR count). The first-order chi connectivity index (χ1) is 9.27. The molecule has 0 aromatic heterocycles. The normalized spacial score (nSPS) is 13.1. The van der Waals surface area contributed by atoms with Crippen LogP contribution in [0.2, 0.25) is 0 Å². The summed E-state index contributed by atoms with van der Waals surface area (Å²) in [6, 6.07) is -3.12. The topological polar surface area (TPSA) is 159 Å². The monoisotopic (exact) mass is 289 g/mol. The smallest absolute Gasteiger partial charge is 0.326 e. The lowest BCUT2D eigenvalue weighted by atomic mass is 10.1. The Bertz CT molecular complexity index is 384. The minimum atomic E-state index is -1.19. The van der Waals surface area contributed by atoms with Crippen molar-refractivity contribution in [2.45, 2.75) is 44.7 Å². The van der Waals surface area contributed by atoms with Crippen molar-refractivity contribution in [2.75, 3.05) is 0 Å². The number of carboxylic acids is 2. The molecule has 20 heavy (non-hydrogen) atoms. The number of carboxylic acid groups (broad SMARTS) is 2. The Morgan fingerprint density at radius 3 is 2.00 bits per heavy atom. The summed E-state index contributed by atoms with van der Waals surface area (Å²) in [4.78, 5) is 43.9. The maximum absolute atomic E-state index is 11.6. The van der Waals surface area contributed by atoms with Crippen LogP contribution in [0.3, 0.4) is 0 Å². The van der Waals surface area contributed by atoms with Crippen molar-refractivity contribution in [1.29, 1.82) is 0 Å². The van der Waals surface area contributed by atoms with E-state index in [0.717, 1.165) is 0 Å². The van der Waals surface area contributed by atoms with E-state index in [4.69, 9.17) is 15.9 Å². The van der Waals surface area contributed by atoms with Crippen molar-refractivity contribution < 1.29 is 29.4 Å². The summed E-state index contributed by atoms with van der Waals surface area (Å²) in [5, 5.41) is 21.7. The fourth-order valence-electron chi connectivity index (χ4n) is 1.46. The molecule has 6 N–H and O–H groups in total. The van der Waals surface area contributed by atoms with Crippen LogP contribution in [0.25, 0.3) is 0 Å². The van der Waals surface area contributed by atoms with Crippen molar-refractivity contribution in [3.63, 3.8) is 0 Å². The Hall–Kier alpha value is -2.32. The van der Waals surface area contributed by atoms with E-state index in [2.05, 4.69) is 10.6 Å². The summed E-state index contributed by atoms with van der Waals surface area (Å²) in [6.45, 7) is 1.76. The number of carbonyl (C=O) groups excluding carboxylic acids is 2. The molecule has 0 aromatic carbocycles. The Balaban J connectivity index is 4.47. The van der Waals surface area contributed by atoms with E-state index in [1.165, 1.54) is 0 Å². The van der Waals surface area contributed by atoms with Crippen molar-refractivity contribution in [3.8, 4) is 0 Å². The van der Waals surface area contributed by atoms with Crippen LogP contribution in [0.15, 0.2) is 0 Å². The van der Waals surface area contributed by atoms with Gasteiger partial charge in [-0.3, -0.25) is 9.59 Å². The van der Waals surface area contributed by atoms with Gasteiger partial charge in [0, 0.05) is 6.42 Å². The number of nitrogens with two attached hydrogens (primary N) is 1. The first-order valence-corrected chi connectivity index (χ1v) is 6.08. The first-order valence-electron chi connectivity index (χ1n) is 6.08. The molecule has 9 heteroatoms. The van der Waals surface area contributed by atoms with E-state index >= 15 is 0 Å². The van der Waals surface area contributed by atoms with Crippen molar-refractivity contribution in [2.24, 2.45) is 5.73 Å². The van der Waals surface area contributed by atoms with Crippen LogP contribution in [-0.2, 0) is 14.4 Å². The number of carbonyl (C=O) groups is 4. The lowest BCUT2D eigenvalue weighted by Crippen LogP contribution is -2.52. The van der Waals surface area contributed by atoms with E-state index in [1.54, 1.807) is 6.92 Å². The number of nitrogens with one attached hydrogen (secondary N) is 2. The summed E-state index contributed by atoms with van der Waals surface area (Å²) in [5.74, 6) is -3.21. The lowest BCUT2D eigenvalue weighted by Gasteiger charge is -2.18. The molecular weight excluding hydrogens is 270 g/mol. The maximum atomic E-state index is 11.6. The van der Waals surface area contributed by atoms with E-state index in [-0.39, 0.29) is 19.3 Å². The van der Waals surface area contributed by atoms with Crippen molar-refractivity contribution >= 4 is 23.9 Å². The van der Waals surface area contributed by atoms with Crippen LogP contribution in [-0.4, -0.2) is 46.2 Å². The predicted molar refractivity (Wildman–Crippen MR) is 67.9 cm³/mol. The van der Waals surface area contributed by atoms with Crippen molar-refractivity contribution in [1.82, 2.24) is 10.6 Å². The minimum Gasteiger partial charge on any atom is -0.481 e. The van der Waals surface area contributed by atoms with Gasteiger partial charge in [0.05, 0.1) is 0 Å². The van der Waals surface area contributed by atoms with Gasteiger partial charge in [-0.2, -0.15) is 0 Å². The molecule has 0 aliphatic heterocycles. The standard InChI is InChI=1S/C11H19N3O6/c1-2-3-7(10(18)19)14-11(20)13-6(9(12)17)4-5-8(15)16/h6-7H,2-5H2,1H3,(H2,12,17)(H,15,16)(H,18,19)(H2,13,14,20). The fraction of sp³-hybridized carbons (Fsp3) is 0.636. The van der Waals surface area contributed by atoms with E-state index in [9.17, 15) is 19.2 Å². The van der Waals surface area contributed by atoms with Gasteiger partial charge in [-0.1, -0.05) is 13.3 Å². The van der Waals surface area contributed by atoms with E-state index in [1.807, 2.05) is 0 Å². The number of primary amides is 1. The van der Waals surface area contributed by atoms with Gasteiger partial charge in [0.1, 0.15) is 12.1 Å². The maximum Gasteiger partial charge on any atom is 0.326 e. The molecular formula is C11H19N3O6. The van der Waals surface area contributed by atoms with Crippen LogP contribution < -0.4 is 16.4 Å². The van der Waals surface area contributed by atoms with Crippen LogP contribution in [0.1, 0.15) is 32.6 Å². The molecule has 9 nitrogen and oxygen atoms in total. The number of aliphatic carboxylic acids is 2. The fourth-order valence-corrected chi connectivity index (χ4v) is 1.46. The van der Waals surface area contributed by atoms with Gasteiger partial charge in [0.15, 0.2) is 0 Å². The summed E-state index contributed by atoms with van der Waals surface area (Å²) in [7, 11) is 0. The van der Waals surface area contributed by atoms with Gasteiger partial charge < -0.3 is 26.6 Å². The Morgan fingerprint density at radius 2 is 1.60 bits per heavy atom. The first kappa shape index (κ1) is 17.7. The molecule has 2 unspecified atom stereocenters. The van der Waals surface area contributed by atoms with Crippen LogP contribution >= 0.6 is 0 Å². The van der Waals surface area contributed by atoms with E-state index in [0.29, 0.717) is 6.42 Å². The second-order valence-electron chi connectivity index (χ2n) is 4.18. The van der Waals surface area contributed by atoms with Crippen LogP contribution in [0.5, 0.6) is 0 Å². The van der Waals surface area contributed by atoms with Gasteiger partial charge >= 0.3 is 18.0 Å². The molecule has 0 bridgehead atoms. The number of hydrogen-bond acceptors (Lipinski definition) is 4. The zero-order chi connectivity index (χ0) is 15.7. The van der Waals surface area contributed by atoms with Crippen molar-refractivity contribution in [3.05, 3.63) is 0 Å². The Morgan fingerprint density at radius 1 is 1.05 bits per heavy atom. The molecule has 0 spiro atoms. The Labute approximate surface area is 115 Å². The zero-order valence-electron chi connectivity index (χ0n) is 11.1. The zero-order valence-corrected chi connectivity index (χ0v) is 11.1. The highest BCUT2D eigenvalue weighted by molar-refractivity contribution is 5.88. The molecule has 0 fully saturated rings. The molecule has 3 amide bonds. The summed E-state index contributed by atoms with van der Waals surface area (Å²) < 4.78 is 0. The van der Waals surface area contributed by atoms with Gasteiger partial charge in [0.25, 0.3) is 0 Å². The number of hydrogen-bond donors (Lipinski definition) is 5. The van der Waals surface area contributed by atoms with Gasteiger partial charge in [-0.25, -0.2) is 9.59 Å². The molecule has 0 radical (unpaired) electrons. The third kappa shape index (κ3) is 7.19. The molecule has 0 aromatic rings. The summed E-state index contributed by atoms with van der Waals surface area (Å²) in [6.07, 6.45) is 0.281. The second kappa shape index (κ2) is 8.73.